The fourth-order valence-electron chi connectivity index (χ4n) is 3.96. The highest BCUT2D eigenvalue weighted by Gasteiger charge is 2.39. The van der Waals surface area contributed by atoms with Gasteiger partial charge in [0, 0.05) is 18.2 Å². The summed E-state index contributed by atoms with van der Waals surface area (Å²) < 4.78 is 16.7. The van der Waals surface area contributed by atoms with Crippen LogP contribution >= 0.6 is 0 Å². The van der Waals surface area contributed by atoms with Gasteiger partial charge in [-0.15, -0.1) is 0 Å². The molecular weight excluding hydrogens is 408 g/mol. The minimum Gasteiger partial charge on any atom is -0.486 e. The van der Waals surface area contributed by atoms with Gasteiger partial charge in [-0.2, -0.15) is 0 Å². The van der Waals surface area contributed by atoms with Crippen molar-refractivity contribution in [1.82, 2.24) is 0 Å². The molecule has 2 aliphatic heterocycles. The van der Waals surface area contributed by atoms with Crippen LogP contribution in [0, 0.1) is 0 Å². The van der Waals surface area contributed by atoms with Gasteiger partial charge in [0.2, 0.25) is 5.91 Å². The monoisotopic (exact) mass is 430 g/mol. The van der Waals surface area contributed by atoms with Crippen LogP contribution in [0.25, 0.3) is 0 Å². The van der Waals surface area contributed by atoms with E-state index in [1.54, 1.807) is 18.2 Å². The van der Waals surface area contributed by atoms with Crippen LogP contribution in [0.2, 0.25) is 0 Å². The molecule has 0 aliphatic carbocycles. The van der Waals surface area contributed by atoms with Crippen LogP contribution in [0.5, 0.6) is 11.5 Å². The molecule has 1 N–H and O–H groups in total. The number of hydrogen-bond acceptors (Lipinski definition) is 5. The lowest BCUT2D eigenvalue weighted by Crippen LogP contribution is -2.45. The predicted octanol–water partition coefficient (Wildman–Crippen LogP) is 4.16. The summed E-state index contributed by atoms with van der Waals surface area (Å²) in [7, 11) is 0. The molecule has 0 unspecified atom stereocenters. The van der Waals surface area contributed by atoms with E-state index in [4.69, 9.17) is 14.2 Å². The highest BCUT2D eigenvalue weighted by atomic mass is 16.6. The Morgan fingerprint density at radius 3 is 2.53 bits per heavy atom. The van der Waals surface area contributed by atoms with Crippen LogP contribution in [-0.4, -0.2) is 31.3 Å². The number of carbonyl (C=O) groups is 2. The molecule has 7 heteroatoms. The molecule has 3 aromatic rings. The van der Waals surface area contributed by atoms with Gasteiger partial charge in [-0.05, 0) is 29.3 Å². The van der Waals surface area contributed by atoms with Gasteiger partial charge in [0.05, 0.1) is 5.69 Å². The van der Waals surface area contributed by atoms with E-state index < -0.39 is 12.1 Å². The van der Waals surface area contributed by atoms with Crippen LogP contribution in [0.15, 0.2) is 72.8 Å². The first-order valence-corrected chi connectivity index (χ1v) is 10.5. The Labute approximate surface area is 185 Å². The summed E-state index contributed by atoms with van der Waals surface area (Å²) in [4.78, 5) is 27.7. The van der Waals surface area contributed by atoms with Gasteiger partial charge < -0.3 is 19.5 Å². The highest BCUT2D eigenvalue weighted by molar-refractivity contribution is 6.05. The maximum absolute atomic E-state index is 13.2. The van der Waals surface area contributed by atoms with Gasteiger partial charge in [-0.1, -0.05) is 48.5 Å². The number of nitrogens with zero attached hydrogens (tertiary/aromatic N) is 1. The molecule has 2 aliphatic rings. The summed E-state index contributed by atoms with van der Waals surface area (Å²) in [6.07, 6.45) is -0.145. The normalized spacial score (nSPS) is 16.2. The van der Waals surface area contributed by atoms with Gasteiger partial charge in [0.15, 0.2) is 11.5 Å². The zero-order valence-corrected chi connectivity index (χ0v) is 17.3. The van der Waals surface area contributed by atoms with E-state index in [0.717, 1.165) is 11.1 Å². The van der Waals surface area contributed by atoms with Crippen LogP contribution in [0.1, 0.15) is 11.1 Å². The Morgan fingerprint density at radius 2 is 1.69 bits per heavy atom. The average molecular weight is 430 g/mol. The fourth-order valence-corrected chi connectivity index (χ4v) is 3.96. The topological polar surface area (TPSA) is 77.1 Å². The summed E-state index contributed by atoms with van der Waals surface area (Å²) in [6, 6.07) is 21.5. The van der Waals surface area contributed by atoms with E-state index in [2.05, 4.69) is 5.32 Å². The van der Waals surface area contributed by atoms with E-state index in [0.29, 0.717) is 42.5 Å². The first-order chi connectivity index (χ1) is 15.7. The van der Waals surface area contributed by atoms with Gasteiger partial charge in [-0.3, -0.25) is 9.69 Å². The minimum atomic E-state index is -0.719. The third-order valence-corrected chi connectivity index (χ3v) is 5.49. The first-order valence-electron chi connectivity index (χ1n) is 10.5. The zero-order valence-electron chi connectivity index (χ0n) is 17.3. The molecule has 0 aromatic heterocycles. The van der Waals surface area contributed by atoms with E-state index >= 15 is 0 Å². The SMILES string of the molecule is O=C(Nc1ccc2c(c1)OCCO2)[C@@H]1Cc2ccccc2N1C(=O)OCc1ccccc1. The quantitative estimate of drug-likeness (QED) is 0.673. The van der Waals surface area contributed by atoms with Crippen molar-refractivity contribution in [3.63, 3.8) is 0 Å². The molecule has 2 amide bonds. The maximum Gasteiger partial charge on any atom is 0.415 e. The van der Waals surface area contributed by atoms with Crippen molar-refractivity contribution >= 4 is 23.4 Å². The van der Waals surface area contributed by atoms with Gasteiger partial charge >= 0.3 is 6.09 Å². The molecule has 0 saturated heterocycles. The Morgan fingerprint density at radius 1 is 0.938 bits per heavy atom. The number of amides is 2. The summed E-state index contributed by atoms with van der Waals surface area (Å²) in [5, 5.41) is 2.90. The summed E-state index contributed by atoms with van der Waals surface area (Å²) in [5.74, 6) is 0.936. The summed E-state index contributed by atoms with van der Waals surface area (Å²) >= 11 is 0. The lowest BCUT2D eigenvalue weighted by Gasteiger charge is -2.24. The predicted molar refractivity (Wildman–Crippen MR) is 119 cm³/mol. The van der Waals surface area contributed by atoms with E-state index in [-0.39, 0.29) is 12.5 Å². The molecule has 0 saturated carbocycles. The van der Waals surface area contributed by atoms with E-state index in [1.165, 1.54) is 4.90 Å². The molecule has 7 nitrogen and oxygen atoms in total. The van der Waals surface area contributed by atoms with Gasteiger partial charge in [0.1, 0.15) is 25.9 Å². The molecule has 32 heavy (non-hydrogen) atoms. The van der Waals surface area contributed by atoms with Crippen molar-refractivity contribution in [3.05, 3.63) is 83.9 Å². The maximum atomic E-state index is 13.2. The van der Waals surface area contributed by atoms with Crippen LogP contribution < -0.4 is 19.7 Å². The first kappa shape index (κ1) is 19.9. The zero-order chi connectivity index (χ0) is 21.9. The largest absolute Gasteiger partial charge is 0.486 e. The standard InChI is InChI=1S/C25H22N2O5/c28-24(26-19-10-11-22-23(15-19)31-13-12-30-22)21-14-18-8-4-5-9-20(18)27(21)25(29)32-16-17-6-2-1-3-7-17/h1-11,15,21H,12-14,16H2,(H,26,28)/t21-/m0/s1. The van der Waals surface area contributed by atoms with Crippen molar-refractivity contribution in [1.29, 1.82) is 0 Å². The third kappa shape index (κ3) is 3.97. The highest BCUT2D eigenvalue weighted by Crippen LogP contribution is 2.35. The Kier molecular flexibility index (Phi) is 5.37. The van der Waals surface area contributed by atoms with Crippen LogP contribution in [-0.2, 0) is 22.6 Å². The lowest BCUT2D eigenvalue weighted by atomic mass is 10.1. The third-order valence-electron chi connectivity index (χ3n) is 5.49. The number of fused-ring (bicyclic) bond motifs is 2. The Hall–Kier alpha value is -4.00. The second-order valence-electron chi connectivity index (χ2n) is 7.61. The van der Waals surface area contributed by atoms with Crippen molar-refractivity contribution < 1.29 is 23.8 Å². The summed E-state index contributed by atoms with van der Waals surface area (Å²) in [6.45, 7) is 1.09. The molecule has 0 radical (unpaired) electrons. The molecule has 1 atom stereocenters. The lowest BCUT2D eigenvalue weighted by molar-refractivity contribution is -0.117. The van der Waals surface area contributed by atoms with Crippen molar-refractivity contribution in [3.8, 4) is 11.5 Å². The van der Waals surface area contributed by atoms with E-state index in [9.17, 15) is 9.59 Å². The van der Waals surface area contributed by atoms with Crippen molar-refractivity contribution in [2.75, 3.05) is 23.4 Å². The number of rotatable bonds is 4. The second kappa shape index (κ2) is 8.63. The van der Waals surface area contributed by atoms with Crippen LogP contribution in [0.4, 0.5) is 16.2 Å². The number of anilines is 2. The Bertz CT molecular complexity index is 1150. The van der Waals surface area contributed by atoms with Crippen LogP contribution in [0.3, 0.4) is 0 Å². The molecule has 0 fully saturated rings. The molecule has 0 spiro atoms. The van der Waals surface area contributed by atoms with Gasteiger partial charge in [0.25, 0.3) is 0 Å². The number of benzene rings is 3. The van der Waals surface area contributed by atoms with E-state index in [1.807, 2.05) is 54.6 Å². The minimum absolute atomic E-state index is 0.134. The number of nitrogens with one attached hydrogen (secondary N) is 1. The number of carbonyl (C=O) groups excluding carboxylic acids is 2. The molecule has 162 valence electrons. The number of para-hydroxylation sites is 1. The van der Waals surface area contributed by atoms with Gasteiger partial charge in [-0.25, -0.2) is 4.79 Å². The Balaban J connectivity index is 1.34. The fraction of sp³-hybridized carbons (Fsp3) is 0.200. The average Bonchev–Trinajstić information content (AvgIpc) is 3.23. The van der Waals surface area contributed by atoms with Crippen molar-refractivity contribution in [2.24, 2.45) is 0 Å². The second-order valence-corrected chi connectivity index (χ2v) is 7.61. The molecule has 2 heterocycles. The van der Waals surface area contributed by atoms with Crippen molar-refractivity contribution in [2.45, 2.75) is 19.1 Å². The summed E-state index contributed by atoms with van der Waals surface area (Å²) in [5.41, 5.74) is 3.07. The smallest absolute Gasteiger partial charge is 0.415 e. The molecule has 5 rings (SSSR count). The molecule has 0 bridgehead atoms. The number of hydrogen-bond donors (Lipinski definition) is 1. The number of ether oxygens (including phenoxy) is 3. The molecular formula is C25H22N2O5. The molecule has 3 aromatic carbocycles.